The zero-order valence-electron chi connectivity index (χ0n) is 11.3. The van der Waals surface area contributed by atoms with Crippen molar-refractivity contribution in [3.63, 3.8) is 0 Å². The SMILES string of the molecule is CCCCCCCCC(O)c1cc(I)c(O)c(I)c1. The molecule has 0 saturated heterocycles. The summed E-state index contributed by atoms with van der Waals surface area (Å²) in [6.07, 6.45) is 7.83. The number of benzene rings is 1. The van der Waals surface area contributed by atoms with Gasteiger partial charge in [-0.1, -0.05) is 45.4 Å². The average Bonchev–Trinajstić information content (AvgIpc) is 2.39. The molecule has 0 saturated carbocycles. The lowest BCUT2D eigenvalue weighted by molar-refractivity contribution is 0.163. The van der Waals surface area contributed by atoms with Crippen molar-refractivity contribution < 1.29 is 10.2 Å². The van der Waals surface area contributed by atoms with E-state index in [2.05, 4.69) is 52.1 Å². The normalized spacial score (nSPS) is 12.6. The lowest BCUT2D eigenvalue weighted by atomic mass is 10.0. The molecule has 0 bridgehead atoms. The molecule has 2 nitrogen and oxygen atoms in total. The van der Waals surface area contributed by atoms with Crippen LogP contribution in [0.5, 0.6) is 5.75 Å². The Balaban J connectivity index is 2.39. The number of unbranched alkanes of at least 4 members (excludes halogenated alkanes) is 5. The third-order valence-corrected chi connectivity index (χ3v) is 4.90. The number of hydrogen-bond donors (Lipinski definition) is 2. The van der Waals surface area contributed by atoms with E-state index in [4.69, 9.17) is 0 Å². The molecule has 0 heterocycles. The second-order valence-electron chi connectivity index (χ2n) is 4.91. The number of aliphatic hydroxyl groups is 1. The highest BCUT2D eigenvalue weighted by atomic mass is 127. The molecule has 1 rings (SSSR count). The molecule has 19 heavy (non-hydrogen) atoms. The number of rotatable bonds is 8. The summed E-state index contributed by atoms with van der Waals surface area (Å²) in [6, 6.07) is 3.75. The van der Waals surface area contributed by atoms with Crippen LogP contribution >= 0.6 is 45.2 Å². The van der Waals surface area contributed by atoms with Crippen LogP contribution in [0.4, 0.5) is 0 Å². The fraction of sp³-hybridized carbons (Fsp3) is 0.600. The van der Waals surface area contributed by atoms with Crippen LogP contribution < -0.4 is 0 Å². The van der Waals surface area contributed by atoms with Crippen molar-refractivity contribution in [3.8, 4) is 5.75 Å². The molecule has 0 spiro atoms. The van der Waals surface area contributed by atoms with Gasteiger partial charge in [0.05, 0.1) is 13.2 Å². The minimum Gasteiger partial charge on any atom is -0.506 e. The van der Waals surface area contributed by atoms with Crippen molar-refractivity contribution in [3.05, 3.63) is 24.8 Å². The summed E-state index contributed by atoms with van der Waals surface area (Å²) >= 11 is 4.21. The predicted molar refractivity (Wildman–Crippen MR) is 96.5 cm³/mol. The number of phenols is 1. The molecule has 0 aliphatic heterocycles. The first-order chi connectivity index (χ1) is 9.06. The van der Waals surface area contributed by atoms with E-state index in [1.54, 1.807) is 0 Å². The first-order valence-electron chi connectivity index (χ1n) is 6.92. The molecule has 0 aliphatic rings. The Morgan fingerprint density at radius 3 is 2.11 bits per heavy atom. The van der Waals surface area contributed by atoms with E-state index >= 15 is 0 Å². The first kappa shape index (κ1) is 17.5. The Bertz CT molecular complexity index is 371. The highest BCUT2D eigenvalue weighted by molar-refractivity contribution is 14.1. The van der Waals surface area contributed by atoms with E-state index in [0.29, 0.717) is 5.75 Å². The van der Waals surface area contributed by atoms with Crippen LogP contribution in [0.15, 0.2) is 12.1 Å². The molecule has 0 aliphatic carbocycles. The molecule has 1 unspecified atom stereocenters. The maximum absolute atomic E-state index is 10.2. The third-order valence-electron chi connectivity index (χ3n) is 3.26. The van der Waals surface area contributed by atoms with Gasteiger partial charge in [-0.2, -0.15) is 0 Å². The number of phenolic OH excluding ortho intramolecular Hbond substituents is 1. The Labute approximate surface area is 143 Å². The summed E-state index contributed by atoms with van der Waals surface area (Å²) in [5, 5.41) is 19.9. The average molecular weight is 488 g/mol. The van der Waals surface area contributed by atoms with E-state index in [-0.39, 0.29) is 0 Å². The third kappa shape index (κ3) is 6.16. The monoisotopic (exact) mass is 488 g/mol. The molecular formula is C15H22I2O2. The summed E-state index contributed by atoms with van der Waals surface area (Å²) in [7, 11) is 0. The van der Waals surface area contributed by atoms with Crippen LogP contribution in [0, 0.1) is 7.14 Å². The van der Waals surface area contributed by atoms with Gasteiger partial charge in [0.15, 0.2) is 0 Å². The van der Waals surface area contributed by atoms with Gasteiger partial charge in [0.1, 0.15) is 5.75 Å². The zero-order chi connectivity index (χ0) is 14.3. The molecule has 2 N–H and O–H groups in total. The van der Waals surface area contributed by atoms with Gasteiger partial charge < -0.3 is 10.2 Å². The van der Waals surface area contributed by atoms with Gasteiger partial charge in [-0.3, -0.25) is 0 Å². The van der Waals surface area contributed by atoms with E-state index in [1.807, 2.05) is 12.1 Å². The maximum Gasteiger partial charge on any atom is 0.142 e. The van der Waals surface area contributed by atoms with Crippen molar-refractivity contribution >= 4 is 45.2 Å². The molecule has 0 radical (unpaired) electrons. The largest absolute Gasteiger partial charge is 0.506 e. The Morgan fingerprint density at radius 1 is 1.00 bits per heavy atom. The lowest BCUT2D eigenvalue weighted by Crippen LogP contribution is -1.99. The Kier molecular flexibility index (Phi) is 8.64. The molecule has 1 aromatic carbocycles. The quantitative estimate of drug-likeness (QED) is 0.381. The second-order valence-corrected chi connectivity index (χ2v) is 7.23. The molecule has 1 aromatic rings. The summed E-state index contributed by atoms with van der Waals surface area (Å²) < 4.78 is 1.61. The van der Waals surface area contributed by atoms with Crippen molar-refractivity contribution in [2.24, 2.45) is 0 Å². The van der Waals surface area contributed by atoms with Crippen LogP contribution in [0.3, 0.4) is 0 Å². The van der Waals surface area contributed by atoms with Crippen molar-refractivity contribution in [2.45, 2.75) is 58.0 Å². The molecule has 1 atom stereocenters. The number of halogens is 2. The maximum atomic E-state index is 10.2. The molecular weight excluding hydrogens is 466 g/mol. The Hall–Kier alpha value is 0.440. The highest BCUT2D eigenvalue weighted by Gasteiger charge is 2.12. The minimum atomic E-state index is -0.409. The van der Waals surface area contributed by atoms with Crippen molar-refractivity contribution in [2.75, 3.05) is 0 Å². The van der Waals surface area contributed by atoms with Crippen LogP contribution in [0.1, 0.15) is 63.5 Å². The molecule has 4 heteroatoms. The van der Waals surface area contributed by atoms with Crippen LogP contribution in [-0.2, 0) is 0 Å². The second kappa shape index (κ2) is 9.39. The number of aliphatic hydroxyl groups excluding tert-OH is 1. The van der Waals surface area contributed by atoms with Gasteiger partial charge in [0.25, 0.3) is 0 Å². The molecule has 0 aromatic heterocycles. The number of hydrogen-bond acceptors (Lipinski definition) is 2. The van der Waals surface area contributed by atoms with Gasteiger partial charge in [-0.25, -0.2) is 0 Å². The van der Waals surface area contributed by atoms with E-state index in [9.17, 15) is 10.2 Å². The smallest absolute Gasteiger partial charge is 0.142 e. The van der Waals surface area contributed by atoms with Gasteiger partial charge in [-0.05, 0) is 69.3 Å². The van der Waals surface area contributed by atoms with E-state index in [0.717, 1.165) is 25.5 Å². The molecule has 0 amide bonds. The van der Waals surface area contributed by atoms with E-state index < -0.39 is 6.10 Å². The molecule has 0 fully saturated rings. The topological polar surface area (TPSA) is 40.5 Å². The van der Waals surface area contributed by atoms with Gasteiger partial charge in [0.2, 0.25) is 0 Å². The summed E-state index contributed by atoms with van der Waals surface area (Å²) in [4.78, 5) is 0. The zero-order valence-corrected chi connectivity index (χ0v) is 15.6. The standard InChI is InChI=1S/C15H22I2O2/c1-2-3-4-5-6-7-8-14(18)11-9-12(16)15(19)13(17)10-11/h9-10,14,18-19H,2-8H2,1H3. The molecule has 108 valence electrons. The van der Waals surface area contributed by atoms with E-state index in [1.165, 1.54) is 32.1 Å². The first-order valence-corrected chi connectivity index (χ1v) is 9.08. The van der Waals surface area contributed by atoms with Gasteiger partial charge >= 0.3 is 0 Å². The lowest BCUT2D eigenvalue weighted by Gasteiger charge is -2.13. The van der Waals surface area contributed by atoms with Gasteiger partial charge in [-0.15, -0.1) is 0 Å². The number of aromatic hydroxyl groups is 1. The minimum absolute atomic E-state index is 0.316. The van der Waals surface area contributed by atoms with Crippen molar-refractivity contribution in [1.29, 1.82) is 0 Å². The summed E-state index contributed by atoms with van der Waals surface area (Å²) in [5.41, 5.74) is 0.917. The van der Waals surface area contributed by atoms with Gasteiger partial charge in [0, 0.05) is 0 Å². The Morgan fingerprint density at radius 2 is 1.53 bits per heavy atom. The fourth-order valence-electron chi connectivity index (χ4n) is 2.06. The van der Waals surface area contributed by atoms with Crippen LogP contribution in [0.2, 0.25) is 0 Å². The van der Waals surface area contributed by atoms with Crippen LogP contribution in [-0.4, -0.2) is 10.2 Å². The summed E-state index contributed by atoms with van der Waals surface area (Å²) in [5.74, 6) is 0.316. The van der Waals surface area contributed by atoms with Crippen molar-refractivity contribution in [1.82, 2.24) is 0 Å². The fourth-order valence-corrected chi connectivity index (χ4v) is 3.88. The predicted octanol–water partition coefficient (Wildman–Crippen LogP) is 5.39. The highest BCUT2D eigenvalue weighted by Crippen LogP contribution is 2.31. The summed E-state index contributed by atoms with van der Waals surface area (Å²) in [6.45, 7) is 2.22. The van der Waals surface area contributed by atoms with Crippen LogP contribution in [0.25, 0.3) is 0 Å².